The number of hydrazone groups is 1. The van der Waals surface area contributed by atoms with E-state index in [-0.39, 0.29) is 6.42 Å². The van der Waals surface area contributed by atoms with Gasteiger partial charge in [-0.05, 0) is 68.0 Å². The number of nitrogens with zero attached hydrogens (tertiary/aromatic N) is 2. The molecule has 2 aliphatic rings. The van der Waals surface area contributed by atoms with E-state index in [0.717, 1.165) is 17.1 Å². The third-order valence-electron chi connectivity index (χ3n) is 7.36. The van der Waals surface area contributed by atoms with E-state index in [1.54, 1.807) is 31.4 Å². The van der Waals surface area contributed by atoms with E-state index in [9.17, 15) is 18.0 Å². The van der Waals surface area contributed by atoms with Gasteiger partial charge in [0.05, 0.1) is 56.9 Å². The topological polar surface area (TPSA) is 78.8 Å². The lowest BCUT2D eigenvalue weighted by molar-refractivity contribution is -0.138. The molecule has 226 valence electrons. The molecule has 0 radical (unpaired) electrons. The number of fused-ring (bicyclic) bond motifs is 1. The van der Waals surface area contributed by atoms with E-state index >= 15 is 0 Å². The Morgan fingerprint density at radius 3 is 2.21 bits per heavy atom. The normalized spacial score (nSPS) is 17.1. The molecule has 0 aromatic heterocycles. The first kappa shape index (κ1) is 29.8. The molecule has 0 saturated heterocycles. The average Bonchev–Trinajstić information content (AvgIpc) is 3.43. The number of hydrogen-bond acceptors (Lipinski definition) is 7. The van der Waals surface area contributed by atoms with E-state index in [1.807, 2.05) is 26.0 Å². The summed E-state index contributed by atoms with van der Waals surface area (Å²) >= 11 is 0. The number of ether oxygens (including phenoxy) is 5. The maximum absolute atomic E-state index is 14.0. The molecule has 1 atom stereocenters. The molecular weight excluding hydrogens is 565 g/mol. The number of benzene rings is 3. The molecule has 2 aliphatic heterocycles. The average molecular weight is 597 g/mol. The highest BCUT2D eigenvalue weighted by Crippen LogP contribution is 2.46. The molecule has 2 heterocycles. The van der Waals surface area contributed by atoms with Gasteiger partial charge in [0.15, 0.2) is 11.5 Å². The SMILES string of the molecule is COc1ccc(C2=NN(C(=O)c3ccccc3C(F)(F)F)C(c3cc(OC)c(OC)c(OC)c3)C2)c2c1C=CC(C)(C)O2. The smallest absolute Gasteiger partial charge is 0.417 e. The van der Waals surface area contributed by atoms with Crippen LogP contribution >= 0.6 is 0 Å². The van der Waals surface area contributed by atoms with E-state index in [4.69, 9.17) is 23.7 Å². The van der Waals surface area contributed by atoms with Crippen LogP contribution in [0.1, 0.15) is 58.9 Å². The van der Waals surface area contributed by atoms with Crippen LogP contribution in [0.3, 0.4) is 0 Å². The summed E-state index contributed by atoms with van der Waals surface area (Å²) in [5.74, 6) is 1.15. The van der Waals surface area contributed by atoms with Crippen LogP contribution in [0.4, 0.5) is 13.2 Å². The summed E-state index contributed by atoms with van der Waals surface area (Å²) in [5, 5.41) is 5.74. The number of carbonyl (C=O) groups excluding carboxylic acids is 1. The summed E-state index contributed by atoms with van der Waals surface area (Å²) < 4.78 is 70.3. The molecule has 3 aromatic rings. The van der Waals surface area contributed by atoms with Crippen molar-refractivity contribution >= 4 is 17.7 Å². The Bertz CT molecular complexity index is 1600. The van der Waals surface area contributed by atoms with Crippen molar-refractivity contribution in [1.29, 1.82) is 0 Å². The summed E-state index contributed by atoms with van der Waals surface area (Å²) in [4.78, 5) is 14.0. The Morgan fingerprint density at radius 2 is 1.60 bits per heavy atom. The van der Waals surface area contributed by atoms with Gasteiger partial charge in [0.1, 0.15) is 17.1 Å². The number of halogens is 3. The summed E-state index contributed by atoms with van der Waals surface area (Å²) in [6.45, 7) is 3.80. The zero-order chi connectivity index (χ0) is 31.1. The maximum atomic E-state index is 14.0. The Kier molecular flexibility index (Phi) is 7.76. The standard InChI is InChI=1S/C32H31F3N2O6/c1-31(2)14-13-21-25(39-3)12-11-20(28(21)43-31)23-17-24(18-15-26(40-4)29(42-6)27(16-18)41-5)37(36-23)30(38)19-9-7-8-10-22(19)32(33,34)35/h7-16,24H,17H2,1-6H3. The van der Waals surface area contributed by atoms with Crippen molar-refractivity contribution in [2.45, 2.75) is 38.1 Å². The van der Waals surface area contributed by atoms with Crippen molar-refractivity contribution < 1.29 is 41.7 Å². The molecule has 0 saturated carbocycles. The number of hydrogen-bond donors (Lipinski definition) is 0. The second-order valence-corrected chi connectivity index (χ2v) is 10.5. The van der Waals surface area contributed by atoms with Crippen molar-refractivity contribution in [1.82, 2.24) is 5.01 Å². The van der Waals surface area contributed by atoms with E-state index < -0.39 is 34.9 Å². The summed E-state index contributed by atoms with van der Waals surface area (Å²) in [7, 11) is 5.92. The Morgan fingerprint density at radius 1 is 0.953 bits per heavy atom. The fourth-order valence-corrected chi connectivity index (χ4v) is 5.29. The van der Waals surface area contributed by atoms with Crippen molar-refractivity contribution in [2.75, 3.05) is 28.4 Å². The molecule has 11 heteroatoms. The zero-order valence-corrected chi connectivity index (χ0v) is 24.5. The van der Waals surface area contributed by atoms with E-state index in [2.05, 4.69) is 5.10 Å². The lowest BCUT2D eigenvalue weighted by Crippen LogP contribution is -2.29. The summed E-state index contributed by atoms with van der Waals surface area (Å²) in [5.41, 5.74) is 0.0311. The first-order chi connectivity index (χ1) is 20.4. The van der Waals surface area contributed by atoms with Crippen molar-refractivity contribution in [3.63, 3.8) is 0 Å². The number of methoxy groups -OCH3 is 4. The van der Waals surface area contributed by atoms with Crippen LogP contribution in [0.15, 0.2) is 59.7 Å². The van der Waals surface area contributed by atoms with Gasteiger partial charge >= 0.3 is 6.18 Å². The number of alkyl halides is 3. The highest BCUT2D eigenvalue weighted by molar-refractivity contribution is 6.08. The molecule has 43 heavy (non-hydrogen) atoms. The van der Waals surface area contributed by atoms with E-state index in [1.165, 1.54) is 33.5 Å². The molecule has 1 unspecified atom stereocenters. The van der Waals surface area contributed by atoms with Gasteiger partial charge in [-0.25, -0.2) is 5.01 Å². The van der Waals surface area contributed by atoms with Crippen LogP contribution in [0, 0.1) is 0 Å². The van der Waals surface area contributed by atoms with Gasteiger partial charge in [0.2, 0.25) is 5.75 Å². The molecule has 0 aliphatic carbocycles. The predicted molar refractivity (Wildman–Crippen MR) is 154 cm³/mol. The minimum absolute atomic E-state index is 0.158. The largest absolute Gasteiger partial charge is 0.496 e. The van der Waals surface area contributed by atoms with Gasteiger partial charge in [-0.1, -0.05) is 12.1 Å². The van der Waals surface area contributed by atoms with Crippen molar-refractivity contribution in [2.24, 2.45) is 5.10 Å². The molecule has 0 spiro atoms. The van der Waals surface area contributed by atoms with Gasteiger partial charge in [-0.2, -0.15) is 18.3 Å². The molecule has 0 fully saturated rings. The number of rotatable bonds is 7. The predicted octanol–water partition coefficient (Wildman–Crippen LogP) is 6.92. The van der Waals surface area contributed by atoms with Gasteiger partial charge in [0, 0.05) is 12.0 Å². The highest BCUT2D eigenvalue weighted by Gasteiger charge is 2.41. The van der Waals surface area contributed by atoms with Gasteiger partial charge in [-0.3, -0.25) is 4.79 Å². The molecular formula is C32H31F3N2O6. The fourth-order valence-electron chi connectivity index (χ4n) is 5.29. The maximum Gasteiger partial charge on any atom is 0.417 e. The first-order valence-electron chi connectivity index (χ1n) is 13.4. The van der Waals surface area contributed by atoms with Crippen LogP contribution in [0.2, 0.25) is 0 Å². The Balaban J connectivity index is 1.69. The molecule has 3 aromatic carbocycles. The first-order valence-corrected chi connectivity index (χ1v) is 13.4. The Hall–Kier alpha value is -4.67. The van der Waals surface area contributed by atoms with Crippen LogP contribution in [0.25, 0.3) is 6.08 Å². The van der Waals surface area contributed by atoms with Crippen LogP contribution in [-0.2, 0) is 6.18 Å². The molecule has 0 bridgehead atoms. The molecule has 0 N–H and O–H groups in total. The van der Waals surface area contributed by atoms with Crippen LogP contribution < -0.4 is 23.7 Å². The number of amides is 1. The van der Waals surface area contributed by atoms with E-state index in [0.29, 0.717) is 51.1 Å². The summed E-state index contributed by atoms with van der Waals surface area (Å²) in [6.07, 6.45) is -0.789. The summed E-state index contributed by atoms with van der Waals surface area (Å²) in [6, 6.07) is 10.7. The van der Waals surface area contributed by atoms with Gasteiger partial charge in [-0.15, -0.1) is 0 Å². The Labute approximate surface area is 247 Å². The van der Waals surface area contributed by atoms with Crippen molar-refractivity contribution in [3.05, 3.63) is 82.4 Å². The molecule has 5 rings (SSSR count). The van der Waals surface area contributed by atoms with Crippen LogP contribution in [0.5, 0.6) is 28.7 Å². The molecule has 8 nitrogen and oxygen atoms in total. The lowest BCUT2D eigenvalue weighted by Gasteiger charge is -2.30. The second kappa shape index (κ2) is 11.2. The fraction of sp³-hybridized carbons (Fsp3) is 0.312. The molecule has 1 amide bonds. The monoisotopic (exact) mass is 596 g/mol. The zero-order valence-electron chi connectivity index (χ0n) is 24.5. The van der Waals surface area contributed by atoms with Gasteiger partial charge < -0.3 is 23.7 Å². The third kappa shape index (κ3) is 5.47. The van der Waals surface area contributed by atoms with Crippen molar-refractivity contribution in [3.8, 4) is 28.7 Å². The highest BCUT2D eigenvalue weighted by atomic mass is 19.4. The third-order valence-corrected chi connectivity index (χ3v) is 7.36. The van der Waals surface area contributed by atoms with Crippen LogP contribution in [-0.4, -0.2) is 50.7 Å². The second-order valence-electron chi connectivity index (χ2n) is 10.5. The minimum atomic E-state index is -4.75. The minimum Gasteiger partial charge on any atom is -0.496 e. The lowest BCUT2D eigenvalue weighted by atomic mass is 9.93. The number of carbonyl (C=O) groups is 1. The van der Waals surface area contributed by atoms with Gasteiger partial charge in [0.25, 0.3) is 5.91 Å². The quantitative estimate of drug-likeness (QED) is 0.295.